The Morgan fingerprint density at radius 1 is 0.495 bits per heavy atom. The number of rotatable bonds is 26. The van der Waals surface area contributed by atoms with Crippen LogP contribution in [0.1, 0.15) is 193 Å². The van der Waals surface area contributed by atoms with Crippen molar-refractivity contribution < 1.29 is 124 Å². The first-order chi connectivity index (χ1) is 45.8. The molecule has 0 aromatic carbocycles. The van der Waals surface area contributed by atoms with Gasteiger partial charge in [-0.1, -0.05) is 59.1 Å². The molecule has 0 N–H and O–H groups in total. The number of fused-ring (bicyclic) bond motifs is 5. The zero-order valence-corrected chi connectivity index (χ0v) is 58.6. The summed E-state index contributed by atoms with van der Waals surface area (Å²) < 4.78 is 97.0. The van der Waals surface area contributed by atoms with Crippen LogP contribution in [-0.2, 0) is 130 Å². The highest BCUT2D eigenvalue weighted by molar-refractivity contribution is 5.70. The Morgan fingerprint density at radius 2 is 0.938 bits per heavy atom. The van der Waals surface area contributed by atoms with Crippen molar-refractivity contribution in [2.75, 3.05) is 19.8 Å². The average molecular weight is 1380 g/mol. The van der Waals surface area contributed by atoms with Gasteiger partial charge in [0.15, 0.2) is 61.5 Å². The number of esters is 10. The standard InChI is InChI=1S/C68H101N3O26/c1-33(2)17-16-18-34(3)49-21-22-50-48-20-19-45-27-47(23-25-67(45,14)51(48)24-26-68(49,50)15)85-29-46-28-71(70-69-46)64-61(90-42(11)79)58(87-39(8)76)56(52(93-64)30-82-35(4)72)96-66-63(92-44(13)81)60(89-41(10)78)57(54(95-66)32-84-37(6)74)97-65-62(91-43(12)80)59(88-40(9)77)55(86-38(7)75)53(94-65)31-83-36(5)73/h28,33-34,45,47-66H,16-27,29-32H2,1-15H3/t34-,45?,47+,48+,49-,50+,51+,52-,53-,54-,55-,56-,57-,58+,59+,60+,61-,62-,63-,64-,65-,66-,67+,68-/m1/s1. The predicted octanol–water partition coefficient (Wildman–Crippen LogP) is 6.61. The predicted molar refractivity (Wildman–Crippen MR) is 331 cm³/mol. The van der Waals surface area contributed by atoms with Crippen LogP contribution in [0.15, 0.2) is 6.20 Å². The number of carbonyl (C=O) groups excluding carboxylic acids is 10. The van der Waals surface area contributed by atoms with Crippen molar-refractivity contribution in [3.63, 3.8) is 0 Å². The van der Waals surface area contributed by atoms with Crippen LogP contribution in [0.5, 0.6) is 0 Å². The number of nitrogens with zero attached hydrogens (tertiary/aromatic N) is 3. The Labute approximate surface area is 566 Å². The quantitative estimate of drug-likeness (QED) is 0.0695. The maximum Gasteiger partial charge on any atom is 0.303 e. The van der Waals surface area contributed by atoms with E-state index in [-0.39, 0.29) is 18.1 Å². The molecular formula is C68H101N3O26. The zero-order chi connectivity index (χ0) is 71.0. The Kier molecular flexibility index (Phi) is 26.1. The molecule has 0 spiro atoms. The lowest BCUT2D eigenvalue weighted by atomic mass is 9.44. The van der Waals surface area contributed by atoms with Crippen LogP contribution in [0, 0.1) is 52.3 Å². The van der Waals surface area contributed by atoms with Crippen molar-refractivity contribution in [2.24, 2.45) is 52.3 Å². The average Bonchev–Trinajstić information content (AvgIpc) is 1.70. The normalized spacial score (nSPS) is 36.4. The lowest BCUT2D eigenvalue weighted by Gasteiger charge is -2.61. The summed E-state index contributed by atoms with van der Waals surface area (Å²) in [4.78, 5) is 129. The smallest absolute Gasteiger partial charge is 0.303 e. The molecule has 0 bridgehead atoms. The van der Waals surface area contributed by atoms with Crippen LogP contribution < -0.4 is 0 Å². The fourth-order valence-electron chi connectivity index (χ4n) is 17.1. The van der Waals surface area contributed by atoms with E-state index >= 15 is 0 Å². The second-order valence-electron chi connectivity index (χ2n) is 28.4. The van der Waals surface area contributed by atoms with E-state index in [9.17, 15) is 47.9 Å². The summed E-state index contributed by atoms with van der Waals surface area (Å²) in [7, 11) is 0. The van der Waals surface area contributed by atoms with Crippen LogP contribution in [0.4, 0.5) is 0 Å². The van der Waals surface area contributed by atoms with Gasteiger partial charge in [-0.05, 0) is 110 Å². The molecule has 29 heteroatoms. The van der Waals surface area contributed by atoms with Crippen LogP contribution in [0.3, 0.4) is 0 Å². The largest absolute Gasteiger partial charge is 0.463 e. The first-order valence-electron chi connectivity index (χ1n) is 34.2. The first kappa shape index (κ1) is 76.4. The van der Waals surface area contributed by atoms with E-state index in [2.05, 4.69) is 44.9 Å². The molecule has 8 rings (SSSR count). The van der Waals surface area contributed by atoms with E-state index in [4.69, 9.17) is 75.8 Å². The first-order valence-corrected chi connectivity index (χ1v) is 34.2. The molecule has 1 unspecified atom stereocenters. The number of carbonyl (C=O) groups is 10. The SMILES string of the molecule is CC(=O)OC[C@H]1O[C@@H](n2cc(CO[C@H]3CC[C@@]4(C)C(CC[C@H]5[C@@H]6CC[C@H]([C@H](C)CCCC(C)C)[C@@]6(C)CC[C@@H]54)C3)nn2)[C@H](OC(C)=O)[C@@H](OC(C)=O)[C@@H]1O[C@H]1O[C@H](COC(C)=O)[C@@H](O[C@H]2O[C@H](COC(C)=O)[C@@H](OC(C)=O)[C@H](OC(C)=O)[C@H]2OC(C)=O)[C@H](OC(C)=O)[C@H]1OC(C)=O. The van der Waals surface area contributed by atoms with E-state index in [1.54, 1.807) is 0 Å². The maximum atomic E-state index is 13.4. The minimum atomic E-state index is -2.04. The van der Waals surface area contributed by atoms with Gasteiger partial charge < -0.3 is 75.8 Å². The van der Waals surface area contributed by atoms with Gasteiger partial charge in [0.2, 0.25) is 0 Å². The highest BCUT2D eigenvalue weighted by Gasteiger charge is 2.63. The Hall–Kier alpha value is -6.40. The van der Waals surface area contributed by atoms with E-state index in [0.717, 1.165) is 118 Å². The summed E-state index contributed by atoms with van der Waals surface area (Å²) >= 11 is 0. The van der Waals surface area contributed by atoms with Gasteiger partial charge in [-0.2, -0.15) is 0 Å². The molecule has 0 amide bonds. The van der Waals surface area contributed by atoms with Gasteiger partial charge in [0.05, 0.1) is 18.9 Å². The third-order valence-corrected chi connectivity index (χ3v) is 20.9. The van der Waals surface area contributed by atoms with Crippen molar-refractivity contribution in [1.82, 2.24) is 15.0 Å². The van der Waals surface area contributed by atoms with Crippen molar-refractivity contribution in [3.8, 4) is 0 Å². The molecule has 7 aliphatic rings. The fraction of sp³-hybridized carbons (Fsp3) is 0.824. The van der Waals surface area contributed by atoms with Gasteiger partial charge in [0.1, 0.15) is 56.0 Å². The summed E-state index contributed by atoms with van der Waals surface area (Å²) in [6, 6.07) is 0. The van der Waals surface area contributed by atoms with Gasteiger partial charge in [-0.25, -0.2) is 4.68 Å². The molecule has 1 aromatic heterocycles. The second-order valence-corrected chi connectivity index (χ2v) is 28.4. The highest BCUT2D eigenvalue weighted by atomic mass is 16.8. The molecule has 7 fully saturated rings. The molecule has 3 saturated heterocycles. The Morgan fingerprint density at radius 3 is 1.44 bits per heavy atom. The van der Waals surface area contributed by atoms with Crippen LogP contribution in [0.2, 0.25) is 0 Å². The second kappa shape index (κ2) is 33.2. The zero-order valence-electron chi connectivity index (χ0n) is 58.6. The number of hydrogen-bond acceptors (Lipinski definition) is 28. The molecular weight excluding hydrogens is 1270 g/mol. The van der Waals surface area contributed by atoms with Gasteiger partial charge in [0.25, 0.3) is 0 Å². The minimum Gasteiger partial charge on any atom is -0.463 e. The van der Waals surface area contributed by atoms with E-state index in [1.807, 2.05) is 0 Å². The molecule has 1 aromatic rings. The van der Waals surface area contributed by atoms with Gasteiger partial charge in [-0.3, -0.25) is 47.9 Å². The van der Waals surface area contributed by atoms with Crippen molar-refractivity contribution in [3.05, 3.63) is 11.9 Å². The lowest BCUT2D eigenvalue weighted by molar-refractivity contribution is -0.375. The number of hydrogen-bond donors (Lipinski definition) is 0. The van der Waals surface area contributed by atoms with Crippen molar-refractivity contribution >= 4 is 59.7 Å². The van der Waals surface area contributed by atoms with Gasteiger partial charge in [-0.15, -0.1) is 5.10 Å². The Balaban J connectivity index is 1.05. The molecule has 97 heavy (non-hydrogen) atoms. The topological polar surface area (TPSA) is 349 Å². The van der Waals surface area contributed by atoms with Crippen molar-refractivity contribution in [2.45, 2.75) is 286 Å². The summed E-state index contributed by atoms with van der Waals surface area (Å²) in [5.74, 6) is -4.36. The molecule has 4 aliphatic carbocycles. The summed E-state index contributed by atoms with van der Waals surface area (Å²) in [6.07, 6.45) is -10.7. The Bertz CT molecular complexity index is 2960. The lowest BCUT2D eigenvalue weighted by Crippen LogP contribution is -2.68. The van der Waals surface area contributed by atoms with Gasteiger partial charge >= 0.3 is 59.7 Å². The third kappa shape index (κ3) is 18.9. The van der Waals surface area contributed by atoms with Gasteiger partial charge in [0, 0.05) is 69.2 Å². The van der Waals surface area contributed by atoms with Crippen LogP contribution in [-0.4, -0.2) is 186 Å². The van der Waals surface area contributed by atoms with Crippen LogP contribution >= 0.6 is 0 Å². The number of ether oxygens (including phenoxy) is 16. The van der Waals surface area contributed by atoms with E-state index in [1.165, 1.54) is 68.7 Å². The molecule has 4 heterocycles. The molecule has 544 valence electrons. The molecule has 24 atom stereocenters. The highest BCUT2D eigenvalue weighted by Crippen LogP contribution is 2.68. The molecule has 29 nitrogen and oxygen atoms in total. The molecule has 0 radical (unpaired) electrons. The maximum absolute atomic E-state index is 13.4. The minimum absolute atomic E-state index is 0.0468. The van der Waals surface area contributed by atoms with E-state index in [0.29, 0.717) is 22.9 Å². The summed E-state index contributed by atoms with van der Waals surface area (Å²) in [6.45, 7) is 20.6. The summed E-state index contributed by atoms with van der Waals surface area (Å²) in [5, 5.41) is 8.82. The monoisotopic (exact) mass is 1380 g/mol. The summed E-state index contributed by atoms with van der Waals surface area (Å²) in [5.41, 5.74) is 1.01. The third-order valence-electron chi connectivity index (χ3n) is 20.9. The fourth-order valence-corrected chi connectivity index (χ4v) is 17.1. The number of aromatic nitrogens is 3. The molecule has 3 aliphatic heterocycles. The van der Waals surface area contributed by atoms with Crippen molar-refractivity contribution in [1.29, 1.82) is 0 Å². The van der Waals surface area contributed by atoms with E-state index < -0.39 is 172 Å². The molecule has 4 saturated carbocycles. The van der Waals surface area contributed by atoms with Crippen LogP contribution in [0.25, 0.3) is 0 Å².